The zero-order valence-electron chi connectivity index (χ0n) is 3.09. The van der Waals surface area contributed by atoms with Gasteiger partial charge in [-0.05, 0) is 0 Å². The zero-order valence-corrected chi connectivity index (χ0v) is 4.72. The average molecular weight is 120 g/mol. The summed E-state index contributed by atoms with van der Waals surface area (Å²) in [6.45, 7) is 0. The van der Waals surface area contributed by atoms with Crippen molar-refractivity contribution in [1.29, 1.82) is 0 Å². The van der Waals surface area contributed by atoms with Crippen molar-refractivity contribution in [3.63, 3.8) is 0 Å². The van der Waals surface area contributed by atoms with Gasteiger partial charge in [-0.15, -0.1) is 11.8 Å². The highest BCUT2D eigenvalue weighted by molar-refractivity contribution is 8.15. The average Bonchev–Trinajstić information content (AvgIpc) is 1.72. The van der Waals surface area contributed by atoms with E-state index in [1.807, 2.05) is 5.41 Å². The summed E-state index contributed by atoms with van der Waals surface area (Å²) in [5.74, 6) is 0. The fraction of sp³-hybridized carbons (Fsp3) is 0.333. The van der Waals surface area contributed by atoms with Crippen molar-refractivity contribution in [1.82, 2.24) is 0 Å². The highest BCUT2D eigenvalue weighted by Gasteiger charge is 1.88. The second-order valence-corrected chi connectivity index (χ2v) is 2.75. The maximum absolute atomic E-state index is 4.78. The van der Waals surface area contributed by atoms with E-state index in [0.717, 1.165) is 5.08 Å². The molecule has 3 heteroatoms. The standard InChI is InChI=1S/C3H4OS2/c1-2-5-3-6-4-1/h1-2H,3H2. The van der Waals surface area contributed by atoms with E-state index in [4.69, 9.17) is 4.18 Å². The lowest BCUT2D eigenvalue weighted by Crippen LogP contribution is -1.72. The third-order valence-electron chi connectivity index (χ3n) is 0.392. The molecule has 1 rings (SSSR count). The number of thioether (sulfide) groups is 1. The van der Waals surface area contributed by atoms with Crippen molar-refractivity contribution in [2.75, 3.05) is 5.08 Å². The largest absolute Gasteiger partial charge is 0.432 e. The second-order valence-electron chi connectivity index (χ2n) is 0.771. The lowest BCUT2D eigenvalue weighted by molar-refractivity contribution is 0.569. The van der Waals surface area contributed by atoms with Gasteiger partial charge in [-0.3, -0.25) is 0 Å². The summed E-state index contributed by atoms with van der Waals surface area (Å²) in [4.78, 5) is 0. The van der Waals surface area contributed by atoms with Crippen LogP contribution in [0.25, 0.3) is 0 Å². The molecule has 0 fully saturated rings. The van der Waals surface area contributed by atoms with E-state index >= 15 is 0 Å². The summed E-state index contributed by atoms with van der Waals surface area (Å²) in [5, 5.41) is 2.97. The Kier molecular flexibility index (Phi) is 1.77. The van der Waals surface area contributed by atoms with Gasteiger partial charge in [-0.25, -0.2) is 0 Å². The molecule has 1 heterocycles. The van der Waals surface area contributed by atoms with Gasteiger partial charge in [0.15, 0.2) is 0 Å². The van der Waals surface area contributed by atoms with Gasteiger partial charge < -0.3 is 4.18 Å². The maximum atomic E-state index is 4.78. The normalized spacial score (nSPS) is 20.0. The zero-order chi connectivity index (χ0) is 4.24. The fourth-order valence-electron chi connectivity index (χ4n) is 0.196. The Morgan fingerprint density at radius 1 is 1.67 bits per heavy atom. The minimum absolute atomic E-state index is 1.02. The minimum atomic E-state index is 1.02. The van der Waals surface area contributed by atoms with Crippen molar-refractivity contribution < 1.29 is 4.18 Å². The smallest absolute Gasteiger partial charge is 0.107 e. The molecule has 0 bridgehead atoms. The Bertz CT molecular complexity index is 53.8. The molecule has 0 amide bonds. The molecule has 0 spiro atoms. The molecule has 0 aliphatic carbocycles. The third-order valence-corrected chi connectivity index (χ3v) is 1.87. The Morgan fingerprint density at radius 2 is 2.67 bits per heavy atom. The van der Waals surface area contributed by atoms with Crippen LogP contribution in [-0.2, 0) is 4.18 Å². The Labute approximate surface area is 45.3 Å². The van der Waals surface area contributed by atoms with Crippen LogP contribution in [0.15, 0.2) is 11.7 Å². The van der Waals surface area contributed by atoms with Gasteiger partial charge in [0.25, 0.3) is 0 Å². The molecule has 0 aromatic heterocycles. The van der Waals surface area contributed by atoms with Gasteiger partial charge in [-0.2, -0.15) is 0 Å². The van der Waals surface area contributed by atoms with Crippen LogP contribution >= 0.6 is 23.8 Å². The molecule has 0 saturated heterocycles. The molecular weight excluding hydrogens is 116 g/mol. The van der Waals surface area contributed by atoms with E-state index in [9.17, 15) is 0 Å². The summed E-state index contributed by atoms with van der Waals surface area (Å²) in [6, 6.07) is 0. The molecule has 1 nitrogen and oxygen atoms in total. The molecule has 0 atom stereocenters. The Hall–Kier alpha value is 0.240. The van der Waals surface area contributed by atoms with E-state index in [2.05, 4.69) is 0 Å². The summed E-state index contributed by atoms with van der Waals surface area (Å²) in [6.07, 6.45) is 1.69. The molecule has 0 unspecified atom stereocenters. The molecular formula is C3H4OS2. The SMILES string of the molecule is C1=CSCSO1. The van der Waals surface area contributed by atoms with Crippen molar-refractivity contribution in [3.8, 4) is 0 Å². The minimum Gasteiger partial charge on any atom is -0.432 e. The van der Waals surface area contributed by atoms with Crippen molar-refractivity contribution in [3.05, 3.63) is 11.7 Å². The predicted molar refractivity (Wildman–Crippen MR) is 30.3 cm³/mol. The predicted octanol–water partition coefficient (Wildman–Crippen LogP) is 1.83. The van der Waals surface area contributed by atoms with Crippen LogP contribution in [0.3, 0.4) is 0 Å². The number of rotatable bonds is 0. The molecule has 0 aromatic carbocycles. The van der Waals surface area contributed by atoms with Crippen LogP contribution in [0, 0.1) is 0 Å². The maximum Gasteiger partial charge on any atom is 0.107 e. The van der Waals surface area contributed by atoms with E-state index in [-0.39, 0.29) is 0 Å². The fourth-order valence-corrected chi connectivity index (χ4v) is 1.29. The van der Waals surface area contributed by atoms with Crippen LogP contribution in [0.2, 0.25) is 0 Å². The van der Waals surface area contributed by atoms with E-state index < -0.39 is 0 Å². The van der Waals surface area contributed by atoms with Gasteiger partial charge in [0, 0.05) is 5.41 Å². The first-order valence-corrected chi connectivity index (χ1v) is 3.51. The first-order valence-electron chi connectivity index (χ1n) is 1.55. The van der Waals surface area contributed by atoms with Crippen molar-refractivity contribution in [2.24, 2.45) is 0 Å². The van der Waals surface area contributed by atoms with Gasteiger partial charge in [0.2, 0.25) is 0 Å². The molecule has 1 aliphatic rings. The lowest BCUT2D eigenvalue weighted by atomic mass is 11.2. The monoisotopic (exact) mass is 120 g/mol. The van der Waals surface area contributed by atoms with Gasteiger partial charge in [-0.1, -0.05) is 0 Å². The van der Waals surface area contributed by atoms with E-state index in [0.29, 0.717) is 0 Å². The Morgan fingerprint density at radius 3 is 2.83 bits per heavy atom. The first-order chi connectivity index (χ1) is 3.00. The van der Waals surface area contributed by atoms with Crippen LogP contribution in [-0.4, -0.2) is 5.08 Å². The topological polar surface area (TPSA) is 9.23 Å². The van der Waals surface area contributed by atoms with Crippen LogP contribution in [0.5, 0.6) is 0 Å². The highest BCUT2D eigenvalue weighted by Crippen LogP contribution is 2.19. The van der Waals surface area contributed by atoms with E-state index in [1.54, 1.807) is 18.0 Å². The summed E-state index contributed by atoms with van der Waals surface area (Å²) in [7, 11) is 0. The molecule has 6 heavy (non-hydrogen) atoms. The quantitative estimate of drug-likeness (QED) is 0.451. The number of hydrogen-bond acceptors (Lipinski definition) is 3. The van der Waals surface area contributed by atoms with Crippen molar-refractivity contribution in [2.45, 2.75) is 0 Å². The molecule has 0 N–H and O–H groups in total. The molecule has 0 saturated carbocycles. The third kappa shape index (κ3) is 1.14. The molecule has 34 valence electrons. The lowest BCUT2D eigenvalue weighted by Gasteiger charge is -1.99. The second kappa shape index (κ2) is 2.42. The van der Waals surface area contributed by atoms with Crippen LogP contribution in [0.4, 0.5) is 0 Å². The molecule has 1 aliphatic heterocycles. The van der Waals surface area contributed by atoms with Gasteiger partial charge in [0.05, 0.1) is 17.1 Å². The summed E-state index contributed by atoms with van der Waals surface area (Å²) < 4.78 is 4.78. The molecule has 0 aromatic rings. The Balaban J connectivity index is 2.26. The number of hydrogen-bond donors (Lipinski definition) is 0. The highest BCUT2D eigenvalue weighted by atomic mass is 32.2. The summed E-state index contributed by atoms with van der Waals surface area (Å²) in [5.41, 5.74) is 0. The van der Waals surface area contributed by atoms with Crippen LogP contribution < -0.4 is 0 Å². The van der Waals surface area contributed by atoms with Crippen LogP contribution in [0.1, 0.15) is 0 Å². The van der Waals surface area contributed by atoms with Crippen molar-refractivity contribution >= 4 is 23.8 Å². The van der Waals surface area contributed by atoms with Gasteiger partial charge >= 0.3 is 0 Å². The van der Waals surface area contributed by atoms with Gasteiger partial charge in [0.1, 0.15) is 6.26 Å². The first kappa shape index (κ1) is 4.40. The summed E-state index contributed by atoms with van der Waals surface area (Å²) >= 11 is 3.22. The van der Waals surface area contributed by atoms with E-state index in [1.165, 1.54) is 12.0 Å². The molecule has 0 radical (unpaired) electrons.